The molecule has 1 aliphatic heterocycles. The Morgan fingerprint density at radius 1 is 1.36 bits per heavy atom. The van der Waals surface area contributed by atoms with Crippen LogP contribution in [0.2, 0.25) is 5.02 Å². The first kappa shape index (κ1) is 16.7. The molecule has 1 amide bonds. The van der Waals surface area contributed by atoms with Gasteiger partial charge in [0.15, 0.2) is 6.61 Å². The number of hydrogen-bond donors (Lipinski definition) is 0. The maximum absolute atomic E-state index is 13.6. The summed E-state index contributed by atoms with van der Waals surface area (Å²) in [5.74, 6) is -2.08. The van der Waals surface area contributed by atoms with Gasteiger partial charge in [-0.25, -0.2) is 9.18 Å². The number of carbonyl (C=O) groups is 2. The Kier molecular flexibility index (Phi) is 5.37. The number of benzene rings is 1. The van der Waals surface area contributed by atoms with E-state index in [-0.39, 0.29) is 28.7 Å². The number of ether oxygens (including phenoxy) is 2. The SMILES string of the molecule is CC1CN(C(=O)COC(=O)c2c(F)cccc2Cl)CC(C)O1. The van der Waals surface area contributed by atoms with Crippen LogP contribution < -0.4 is 0 Å². The highest BCUT2D eigenvalue weighted by Crippen LogP contribution is 2.20. The average Bonchev–Trinajstić information content (AvgIpc) is 2.43. The Morgan fingerprint density at radius 2 is 2.00 bits per heavy atom. The van der Waals surface area contributed by atoms with Crippen molar-refractivity contribution < 1.29 is 23.5 Å². The van der Waals surface area contributed by atoms with Gasteiger partial charge in [0, 0.05) is 13.1 Å². The van der Waals surface area contributed by atoms with Crippen LogP contribution >= 0.6 is 11.6 Å². The summed E-state index contributed by atoms with van der Waals surface area (Å²) in [5, 5.41) is -0.0499. The fraction of sp³-hybridized carbons (Fsp3) is 0.467. The van der Waals surface area contributed by atoms with Crippen molar-refractivity contribution in [1.29, 1.82) is 0 Å². The largest absolute Gasteiger partial charge is 0.452 e. The molecule has 0 bridgehead atoms. The van der Waals surface area contributed by atoms with E-state index in [1.807, 2.05) is 13.8 Å². The first-order valence-corrected chi connectivity index (χ1v) is 7.30. The van der Waals surface area contributed by atoms with E-state index in [9.17, 15) is 14.0 Å². The Bertz CT molecular complexity index is 550. The van der Waals surface area contributed by atoms with E-state index in [4.69, 9.17) is 21.1 Å². The molecule has 7 heteroatoms. The molecule has 0 saturated carbocycles. The van der Waals surface area contributed by atoms with Crippen LogP contribution in [0.4, 0.5) is 4.39 Å². The Morgan fingerprint density at radius 3 is 2.59 bits per heavy atom. The molecule has 2 unspecified atom stereocenters. The van der Waals surface area contributed by atoms with Crippen molar-refractivity contribution in [3.05, 3.63) is 34.6 Å². The van der Waals surface area contributed by atoms with Crippen LogP contribution in [-0.2, 0) is 14.3 Å². The standard InChI is InChI=1S/C15H17ClFNO4/c1-9-6-18(7-10(2)22-9)13(19)8-21-15(20)14-11(16)4-3-5-12(14)17/h3-5,9-10H,6-8H2,1-2H3. The number of halogens is 2. The van der Waals surface area contributed by atoms with Gasteiger partial charge in [-0.3, -0.25) is 4.79 Å². The van der Waals surface area contributed by atoms with E-state index in [1.165, 1.54) is 12.1 Å². The number of rotatable bonds is 3. The van der Waals surface area contributed by atoms with Crippen molar-refractivity contribution in [3.8, 4) is 0 Å². The lowest BCUT2D eigenvalue weighted by atomic mass is 10.2. The summed E-state index contributed by atoms with van der Waals surface area (Å²) in [6.45, 7) is 4.13. The molecule has 0 N–H and O–H groups in total. The summed E-state index contributed by atoms with van der Waals surface area (Å²) < 4.78 is 24.0. The quantitative estimate of drug-likeness (QED) is 0.798. The second-order valence-corrected chi connectivity index (χ2v) is 5.64. The predicted octanol–water partition coefficient (Wildman–Crippen LogP) is 2.27. The number of amides is 1. The highest BCUT2D eigenvalue weighted by atomic mass is 35.5. The van der Waals surface area contributed by atoms with E-state index >= 15 is 0 Å². The van der Waals surface area contributed by atoms with Crippen molar-refractivity contribution in [1.82, 2.24) is 4.90 Å². The number of esters is 1. The smallest absolute Gasteiger partial charge is 0.343 e. The van der Waals surface area contributed by atoms with Gasteiger partial charge in [0.2, 0.25) is 0 Å². The molecule has 1 aromatic rings. The maximum Gasteiger partial charge on any atom is 0.343 e. The van der Waals surface area contributed by atoms with Crippen molar-refractivity contribution in [2.24, 2.45) is 0 Å². The molecule has 1 aromatic carbocycles. The number of carbonyl (C=O) groups excluding carboxylic acids is 2. The monoisotopic (exact) mass is 329 g/mol. The average molecular weight is 330 g/mol. The lowest BCUT2D eigenvalue weighted by molar-refractivity contribution is -0.146. The summed E-state index contributed by atoms with van der Waals surface area (Å²) in [7, 11) is 0. The molecule has 2 atom stereocenters. The van der Waals surface area contributed by atoms with Gasteiger partial charge in [0.25, 0.3) is 5.91 Å². The van der Waals surface area contributed by atoms with E-state index in [2.05, 4.69) is 0 Å². The maximum atomic E-state index is 13.6. The molecule has 120 valence electrons. The third-order valence-corrected chi connectivity index (χ3v) is 3.58. The third-order valence-electron chi connectivity index (χ3n) is 3.27. The van der Waals surface area contributed by atoms with Crippen molar-refractivity contribution in [2.45, 2.75) is 26.1 Å². The predicted molar refractivity (Wildman–Crippen MR) is 78.3 cm³/mol. The van der Waals surface area contributed by atoms with E-state index in [1.54, 1.807) is 4.90 Å². The van der Waals surface area contributed by atoms with Crippen LogP contribution in [0.3, 0.4) is 0 Å². The summed E-state index contributed by atoms with van der Waals surface area (Å²) in [5.41, 5.74) is -0.360. The molecular weight excluding hydrogens is 313 g/mol. The minimum Gasteiger partial charge on any atom is -0.452 e. The van der Waals surface area contributed by atoms with Gasteiger partial charge in [-0.05, 0) is 26.0 Å². The first-order valence-electron chi connectivity index (χ1n) is 6.93. The Balaban J connectivity index is 1.95. The van der Waals surface area contributed by atoms with E-state index < -0.39 is 18.4 Å². The van der Waals surface area contributed by atoms with Gasteiger partial charge in [-0.1, -0.05) is 17.7 Å². The molecule has 5 nitrogen and oxygen atoms in total. The van der Waals surface area contributed by atoms with Gasteiger partial charge >= 0.3 is 5.97 Å². The van der Waals surface area contributed by atoms with Gasteiger partial charge in [0.1, 0.15) is 11.4 Å². The van der Waals surface area contributed by atoms with Crippen LogP contribution in [0.1, 0.15) is 24.2 Å². The molecule has 0 aromatic heterocycles. The van der Waals surface area contributed by atoms with Crippen molar-refractivity contribution in [3.63, 3.8) is 0 Å². The molecule has 22 heavy (non-hydrogen) atoms. The third kappa shape index (κ3) is 3.96. The lowest BCUT2D eigenvalue weighted by Gasteiger charge is -2.35. The molecular formula is C15H17ClFNO4. The number of nitrogens with zero attached hydrogens (tertiary/aromatic N) is 1. The molecule has 0 aliphatic carbocycles. The summed E-state index contributed by atoms with van der Waals surface area (Å²) in [6.07, 6.45) is -0.158. The van der Waals surface area contributed by atoms with Gasteiger partial charge in [-0.15, -0.1) is 0 Å². The Hall–Kier alpha value is -1.66. The van der Waals surface area contributed by atoms with Crippen LogP contribution in [0.25, 0.3) is 0 Å². The van der Waals surface area contributed by atoms with Crippen molar-refractivity contribution in [2.75, 3.05) is 19.7 Å². The normalized spacial score (nSPS) is 21.5. The van der Waals surface area contributed by atoms with Crippen LogP contribution in [0.5, 0.6) is 0 Å². The fourth-order valence-electron chi connectivity index (χ4n) is 2.37. The van der Waals surface area contributed by atoms with Crippen LogP contribution in [0.15, 0.2) is 18.2 Å². The summed E-state index contributed by atoms with van der Waals surface area (Å²) in [6, 6.07) is 3.88. The Labute approximate surface area is 132 Å². The fourth-order valence-corrected chi connectivity index (χ4v) is 2.61. The second-order valence-electron chi connectivity index (χ2n) is 5.23. The highest BCUT2D eigenvalue weighted by molar-refractivity contribution is 6.33. The van der Waals surface area contributed by atoms with Gasteiger partial charge in [-0.2, -0.15) is 0 Å². The topological polar surface area (TPSA) is 55.8 Å². The molecule has 1 saturated heterocycles. The summed E-state index contributed by atoms with van der Waals surface area (Å²) in [4.78, 5) is 25.5. The van der Waals surface area contributed by atoms with Crippen molar-refractivity contribution >= 4 is 23.5 Å². The minimum atomic E-state index is -0.953. The van der Waals surface area contributed by atoms with Gasteiger partial charge < -0.3 is 14.4 Å². The molecule has 0 spiro atoms. The summed E-state index contributed by atoms with van der Waals surface area (Å²) >= 11 is 5.77. The zero-order chi connectivity index (χ0) is 16.3. The molecule has 1 heterocycles. The highest BCUT2D eigenvalue weighted by Gasteiger charge is 2.27. The molecule has 1 aliphatic rings. The van der Waals surface area contributed by atoms with E-state index in [0.29, 0.717) is 13.1 Å². The van der Waals surface area contributed by atoms with E-state index in [0.717, 1.165) is 6.07 Å². The zero-order valence-electron chi connectivity index (χ0n) is 12.3. The van der Waals surface area contributed by atoms with Crippen LogP contribution in [-0.4, -0.2) is 48.7 Å². The molecule has 2 rings (SSSR count). The molecule has 1 fully saturated rings. The van der Waals surface area contributed by atoms with Gasteiger partial charge in [0.05, 0.1) is 17.2 Å². The number of morpholine rings is 1. The number of hydrogen-bond acceptors (Lipinski definition) is 4. The zero-order valence-corrected chi connectivity index (χ0v) is 13.1. The second kappa shape index (κ2) is 7.07. The molecule has 0 radical (unpaired) electrons. The lowest BCUT2D eigenvalue weighted by Crippen LogP contribution is -2.49. The first-order chi connectivity index (χ1) is 10.4. The minimum absolute atomic E-state index is 0.0499. The van der Waals surface area contributed by atoms with Crippen LogP contribution in [0, 0.1) is 5.82 Å².